The topological polar surface area (TPSA) is 82.3 Å². The molecule has 0 bridgehead atoms. The van der Waals surface area contributed by atoms with E-state index in [1.165, 1.54) is 0 Å². The second-order valence-electron chi connectivity index (χ2n) is 8.06. The van der Waals surface area contributed by atoms with Crippen LogP contribution in [0.4, 0.5) is 22.7 Å². The molecule has 0 radical (unpaired) electrons. The summed E-state index contributed by atoms with van der Waals surface area (Å²) in [5, 5.41) is 12.0. The fourth-order valence-electron chi connectivity index (χ4n) is 3.56. The number of carbonyl (C=O) groups is 2. The van der Waals surface area contributed by atoms with Crippen LogP contribution in [0.3, 0.4) is 0 Å². The minimum Gasteiger partial charge on any atom is -0.356 e. The Bertz CT molecular complexity index is 1330. The molecule has 4 aromatic carbocycles. The second-order valence-corrected chi connectivity index (χ2v) is 8.46. The molecule has 180 valence electrons. The van der Waals surface area contributed by atoms with Crippen LogP contribution in [0.25, 0.3) is 0 Å². The molecule has 0 aromatic heterocycles. The third kappa shape index (κ3) is 7.25. The van der Waals surface area contributed by atoms with Crippen LogP contribution in [0.2, 0.25) is 0 Å². The monoisotopic (exact) mass is 494 g/mol. The first-order valence-corrected chi connectivity index (χ1v) is 11.9. The smallest absolute Gasteiger partial charge is 0.257 e. The zero-order valence-corrected chi connectivity index (χ0v) is 20.3. The highest BCUT2D eigenvalue weighted by atomic mass is 32.1. The van der Waals surface area contributed by atoms with Crippen LogP contribution in [0.5, 0.6) is 0 Å². The summed E-state index contributed by atoms with van der Waals surface area (Å²) in [6.07, 6.45) is 0.928. The van der Waals surface area contributed by atoms with Gasteiger partial charge in [-0.3, -0.25) is 9.59 Å². The number of carbonyl (C=O) groups excluding carboxylic acids is 2. The Morgan fingerprint density at radius 2 is 1.22 bits per heavy atom. The van der Waals surface area contributed by atoms with Crippen molar-refractivity contribution in [1.82, 2.24) is 5.32 Å². The molecule has 0 saturated carbocycles. The van der Waals surface area contributed by atoms with Crippen LogP contribution >= 0.6 is 12.2 Å². The molecule has 0 aliphatic carbocycles. The quantitative estimate of drug-likeness (QED) is 0.222. The number of thiocarbonyl (C=S) groups is 1. The van der Waals surface area contributed by atoms with Crippen molar-refractivity contribution in [3.8, 4) is 0 Å². The van der Waals surface area contributed by atoms with Crippen molar-refractivity contribution in [2.24, 2.45) is 0 Å². The van der Waals surface area contributed by atoms with Gasteiger partial charge in [-0.05, 0) is 72.7 Å². The molecule has 0 unspecified atom stereocenters. The lowest BCUT2D eigenvalue weighted by Crippen LogP contribution is -2.34. The summed E-state index contributed by atoms with van der Waals surface area (Å²) in [5.74, 6) is -0.484. The van der Waals surface area contributed by atoms with E-state index in [2.05, 4.69) is 21.3 Å². The molecule has 0 atom stereocenters. The first-order valence-electron chi connectivity index (χ1n) is 11.5. The molecule has 7 heteroatoms. The summed E-state index contributed by atoms with van der Waals surface area (Å²) in [4.78, 5) is 25.3. The number of para-hydroxylation sites is 2. The Morgan fingerprint density at radius 1 is 0.639 bits per heavy atom. The lowest BCUT2D eigenvalue weighted by Gasteiger charge is -2.14. The fraction of sp³-hybridized carbons (Fsp3) is 0.0690. The Labute approximate surface area is 215 Å². The van der Waals surface area contributed by atoms with Crippen molar-refractivity contribution in [2.45, 2.75) is 12.8 Å². The van der Waals surface area contributed by atoms with Crippen molar-refractivity contribution < 1.29 is 9.59 Å². The van der Waals surface area contributed by atoms with Crippen molar-refractivity contribution in [3.63, 3.8) is 0 Å². The zero-order chi connectivity index (χ0) is 25.2. The van der Waals surface area contributed by atoms with Gasteiger partial charge in [-0.2, -0.15) is 0 Å². The lowest BCUT2D eigenvalue weighted by molar-refractivity contribution is -0.119. The van der Waals surface area contributed by atoms with Gasteiger partial charge in [0.05, 0.1) is 11.3 Å². The minimum absolute atomic E-state index is 0.143. The highest BCUT2D eigenvalue weighted by Crippen LogP contribution is 2.21. The fourth-order valence-corrected chi connectivity index (χ4v) is 3.78. The number of benzene rings is 4. The SMILES string of the molecule is O=C(CCc1ccccc1)NC(=S)Nc1ccccc1C(=O)Nc1ccc(Nc2ccccc2)cc1. The number of anilines is 4. The molecule has 2 amide bonds. The Kier molecular flexibility index (Phi) is 8.40. The van der Waals surface area contributed by atoms with Gasteiger partial charge in [0.2, 0.25) is 5.91 Å². The Morgan fingerprint density at radius 3 is 1.94 bits per heavy atom. The summed E-state index contributed by atoms with van der Waals surface area (Å²) < 4.78 is 0. The largest absolute Gasteiger partial charge is 0.356 e. The third-order valence-electron chi connectivity index (χ3n) is 5.36. The van der Waals surface area contributed by atoms with Crippen LogP contribution < -0.4 is 21.3 Å². The van der Waals surface area contributed by atoms with E-state index in [-0.39, 0.29) is 16.9 Å². The first-order chi connectivity index (χ1) is 17.6. The standard InChI is InChI=1S/C29H26N4O2S/c34-27(20-15-21-9-3-1-4-10-21)33-29(36)32-26-14-8-7-13-25(26)28(35)31-24-18-16-23(17-19-24)30-22-11-5-2-6-12-22/h1-14,16-19,30H,15,20H2,(H,31,35)(H2,32,33,34,36). The molecular weight excluding hydrogens is 468 g/mol. The number of rotatable bonds is 8. The van der Waals surface area contributed by atoms with E-state index in [9.17, 15) is 9.59 Å². The summed E-state index contributed by atoms with van der Waals surface area (Å²) in [5.41, 5.74) is 4.55. The molecule has 4 aromatic rings. The number of amides is 2. The number of aryl methyl sites for hydroxylation is 1. The van der Waals surface area contributed by atoms with Gasteiger partial charge in [-0.15, -0.1) is 0 Å². The van der Waals surface area contributed by atoms with E-state index in [1.807, 2.05) is 84.9 Å². The van der Waals surface area contributed by atoms with Gasteiger partial charge in [-0.25, -0.2) is 0 Å². The Hall–Kier alpha value is -4.49. The first kappa shape index (κ1) is 24.6. The van der Waals surface area contributed by atoms with E-state index >= 15 is 0 Å². The van der Waals surface area contributed by atoms with Crippen LogP contribution in [0.1, 0.15) is 22.3 Å². The molecule has 4 rings (SSSR count). The number of nitrogens with one attached hydrogen (secondary N) is 4. The molecule has 0 spiro atoms. The molecule has 0 aliphatic rings. The van der Waals surface area contributed by atoms with E-state index in [0.29, 0.717) is 29.8 Å². The predicted octanol–water partition coefficient (Wildman–Crippen LogP) is 6.13. The molecule has 0 aliphatic heterocycles. The van der Waals surface area contributed by atoms with Gasteiger partial charge >= 0.3 is 0 Å². The van der Waals surface area contributed by atoms with Gasteiger partial charge in [0.25, 0.3) is 5.91 Å². The summed E-state index contributed by atoms with van der Waals surface area (Å²) >= 11 is 5.31. The van der Waals surface area contributed by atoms with Gasteiger partial charge in [0.1, 0.15) is 0 Å². The van der Waals surface area contributed by atoms with Crippen LogP contribution in [-0.2, 0) is 11.2 Å². The highest BCUT2D eigenvalue weighted by molar-refractivity contribution is 7.80. The third-order valence-corrected chi connectivity index (χ3v) is 5.57. The summed E-state index contributed by atoms with van der Waals surface area (Å²) in [6.45, 7) is 0. The van der Waals surface area contributed by atoms with Crippen LogP contribution in [0, 0.1) is 0 Å². The van der Waals surface area contributed by atoms with E-state index in [4.69, 9.17) is 12.2 Å². The number of hydrogen-bond acceptors (Lipinski definition) is 4. The second kappa shape index (κ2) is 12.3. The van der Waals surface area contributed by atoms with Gasteiger partial charge in [0, 0.05) is 23.5 Å². The average Bonchev–Trinajstić information content (AvgIpc) is 2.90. The van der Waals surface area contributed by atoms with Crippen molar-refractivity contribution in [1.29, 1.82) is 0 Å². The van der Waals surface area contributed by atoms with Crippen molar-refractivity contribution >= 4 is 51.9 Å². The molecule has 4 N–H and O–H groups in total. The molecule has 0 saturated heterocycles. The summed E-state index contributed by atoms with van der Waals surface area (Å²) in [6, 6.07) is 34.1. The van der Waals surface area contributed by atoms with E-state index in [1.54, 1.807) is 24.3 Å². The van der Waals surface area contributed by atoms with Crippen molar-refractivity contribution in [3.05, 3.63) is 120 Å². The normalized spacial score (nSPS) is 10.2. The number of hydrogen-bond donors (Lipinski definition) is 4. The van der Waals surface area contributed by atoms with E-state index in [0.717, 1.165) is 16.9 Å². The minimum atomic E-state index is -0.292. The maximum Gasteiger partial charge on any atom is 0.257 e. The van der Waals surface area contributed by atoms with Crippen molar-refractivity contribution in [2.75, 3.05) is 16.0 Å². The average molecular weight is 495 g/mol. The molecule has 0 fully saturated rings. The van der Waals surface area contributed by atoms with Gasteiger partial charge in [-0.1, -0.05) is 60.7 Å². The summed E-state index contributed by atoms with van der Waals surface area (Å²) in [7, 11) is 0. The maximum absolute atomic E-state index is 13.0. The molecule has 36 heavy (non-hydrogen) atoms. The molecule has 0 heterocycles. The lowest BCUT2D eigenvalue weighted by atomic mass is 10.1. The van der Waals surface area contributed by atoms with E-state index < -0.39 is 0 Å². The van der Waals surface area contributed by atoms with Gasteiger partial charge in [0.15, 0.2) is 5.11 Å². The molecule has 6 nitrogen and oxygen atoms in total. The highest BCUT2D eigenvalue weighted by Gasteiger charge is 2.13. The van der Waals surface area contributed by atoms with Gasteiger partial charge < -0.3 is 21.3 Å². The predicted molar refractivity (Wildman–Crippen MR) is 150 cm³/mol. The molecular formula is C29H26N4O2S. The zero-order valence-electron chi connectivity index (χ0n) is 19.5. The maximum atomic E-state index is 13.0. The Balaban J connectivity index is 1.32. The van der Waals surface area contributed by atoms with Crippen LogP contribution in [-0.4, -0.2) is 16.9 Å². The van der Waals surface area contributed by atoms with Crippen LogP contribution in [0.15, 0.2) is 109 Å².